The Morgan fingerprint density at radius 1 is 1.32 bits per heavy atom. The van der Waals surface area contributed by atoms with Gasteiger partial charge in [-0.1, -0.05) is 15.9 Å². The highest BCUT2D eigenvalue weighted by Gasteiger charge is 2.15. The molecule has 100 valence electrons. The quantitative estimate of drug-likeness (QED) is 0.828. The second kappa shape index (κ2) is 5.63. The zero-order chi connectivity index (χ0) is 13.1. The molecule has 0 spiro atoms. The molecule has 3 rings (SSSR count). The molecule has 1 aliphatic rings. The summed E-state index contributed by atoms with van der Waals surface area (Å²) < 4.78 is 11.7. The fourth-order valence-electron chi connectivity index (χ4n) is 1.96. The number of halogens is 1. The second-order valence-corrected chi connectivity index (χ2v) is 5.11. The summed E-state index contributed by atoms with van der Waals surface area (Å²) in [5.41, 5.74) is 1.16. The maximum absolute atomic E-state index is 5.37. The van der Waals surface area contributed by atoms with Crippen LogP contribution in [-0.4, -0.2) is 23.3 Å². The zero-order valence-electron chi connectivity index (χ0n) is 10.3. The van der Waals surface area contributed by atoms with Gasteiger partial charge in [-0.3, -0.25) is 0 Å². The summed E-state index contributed by atoms with van der Waals surface area (Å²) in [6.07, 6.45) is 4.49. The van der Waals surface area contributed by atoms with Crippen molar-refractivity contribution in [3.05, 3.63) is 40.4 Å². The molecule has 2 N–H and O–H groups in total. The molecule has 19 heavy (non-hydrogen) atoms. The lowest BCUT2D eigenvalue weighted by atomic mass is 10.2. The molecule has 0 unspecified atom stereocenters. The Kier molecular flexibility index (Phi) is 3.70. The molecule has 0 aliphatic carbocycles. The Hall–Kier alpha value is -1.53. The van der Waals surface area contributed by atoms with E-state index in [1.165, 1.54) is 0 Å². The molecule has 1 aromatic carbocycles. The standard InChI is InChI=1S/C13H14BrN3O2/c14-10-6-12-11(18-8-19-12)5-9(10)7-15-2-1-13-16-3-4-17-13/h3-6,15H,1-2,7-8H2,(H,16,17). The van der Waals surface area contributed by atoms with E-state index in [1.54, 1.807) is 6.20 Å². The lowest BCUT2D eigenvalue weighted by Crippen LogP contribution is -2.17. The van der Waals surface area contributed by atoms with Gasteiger partial charge in [0.25, 0.3) is 0 Å². The molecular weight excluding hydrogens is 310 g/mol. The molecule has 0 amide bonds. The van der Waals surface area contributed by atoms with Crippen molar-refractivity contribution >= 4 is 15.9 Å². The number of H-pyrrole nitrogens is 1. The normalized spacial score (nSPS) is 12.9. The van der Waals surface area contributed by atoms with Crippen molar-refractivity contribution in [1.82, 2.24) is 15.3 Å². The highest BCUT2D eigenvalue weighted by molar-refractivity contribution is 9.10. The van der Waals surface area contributed by atoms with E-state index >= 15 is 0 Å². The Balaban J connectivity index is 1.55. The maximum atomic E-state index is 5.37. The highest BCUT2D eigenvalue weighted by Crippen LogP contribution is 2.36. The number of hydrogen-bond acceptors (Lipinski definition) is 4. The van der Waals surface area contributed by atoms with Crippen LogP contribution in [-0.2, 0) is 13.0 Å². The number of aromatic nitrogens is 2. The molecule has 0 radical (unpaired) electrons. The van der Waals surface area contributed by atoms with Crippen molar-refractivity contribution in [2.75, 3.05) is 13.3 Å². The summed E-state index contributed by atoms with van der Waals surface area (Å²) in [4.78, 5) is 7.27. The van der Waals surface area contributed by atoms with Gasteiger partial charge in [-0.15, -0.1) is 0 Å². The molecule has 0 saturated carbocycles. The van der Waals surface area contributed by atoms with E-state index in [-0.39, 0.29) is 0 Å². The summed E-state index contributed by atoms with van der Waals surface area (Å²) in [6, 6.07) is 3.96. The number of aromatic amines is 1. The van der Waals surface area contributed by atoms with Gasteiger partial charge in [-0.25, -0.2) is 4.98 Å². The first-order valence-corrected chi connectivity index (χ1v) is 6.89. The van der Waals surface area contributed by atoms with Gasteiger partial charge >= 0.3 is 0 Å². The van der Waals surface area contributed by atoms with Gasteiger partial charge in [-0.05, 0) is 17.7 Å². The topological polar surface area (TPSA) is 59.2 Å². The number of benzene rings is 1. The van der Waals surface area contributed by atoms with Crippen molar-refractivity contribution in [3.63, 3.8) is 0 Å². The predicted octanol–water partition coefficient (Wildman–Crippen LogP) is 2.23. The summed E-state index contributed by atoms with van der Waals surface area (Å²) in [5.74, 6) is 2.61. The third-order valence-corrected chi connectivity index (χ3v) is 3.69. The van der Waals surface area contributed by atoms with Crippen LogP contribution in [0.15, 0.2) is 29.0 Å². The maximum Gasteiger partial charge on any atom is 0.231 e. The van der Waals surface area contributed by atoms with E-state index in [0.29, 0.717) is 6.79 Å². The van der Waals surface area contributed by atoms with E-state index in [9.17, 15) is 0 Å². The first kappa shape index (κ1) is 12.5. The van der Waals surface area contributed by atoms with Crippen LogP contribution in [0, 0.1) is 0 Å². The van der Waals surface area contributed by atoms with Gasteiger partial charge in [-0.2, -0.15) is 0 Å². The van der Waals surface area contributed by atoms with E-state index in [2.05, 4.69) is 31.2 Å². The van der Waals surface area contributed by atoms with Crippen LogP contribution in [0.5, 0.6) is 11.5 Å². The van der Waals surface area contributed by atoms with Gasteiger partial charge in [0.2, 0.25) is 6.79 Å². The van der Waals surface area contributed by atoms with Gasteiger partial charge in [0.15, 0.2) is 11.5 Å². The third kappa shape index (κ3) is 2.90. The molecule has 0 bridgehead atoms. The second-order valence-electron chi connectivity index (χ2n) is 4.26. The molecule has 5 nitrogen and oxygen atoms in total. The fraction of sp³-hybridized carbons (Fsp3) is 0.308. The average Bonchev–Trinajstić information content (AvgIpc) is 3.05. The van der Waals surface area contributed by atoms with Crippen LogP contribution < -0.4 is 14.8 Å². The number of hydrogen-bond donors (Lipinski definition) is 2. The summed E-state index contributed by atoms with van der Waals surface area (Å²) in [6.45, 7) is 1.95. The Morgan fingerprint density at radius 2 is 2.16 bits per heavy atom. The molecule has 0 fully saturated rings. The predicted molar refractivity (Wildman–Crippen MR) is 74.3 cm³/mol. The SMILES string of the molecule is Brc1cc2c(cc1CNCCc1ncc[nH]1)OCO2. The van der Waals surface area contributed by atoms with Crippen molar-refractivity contribution in [2.24, 2.45) is 0 Å². The van der Waals surface area contributed by atoms with Crippen LogP contribution in [0.2, 0.25) is 0 Å². The molecule has 2 aromatic rings. The van der Waals surface area contributed by atoms with Crippen molar-refractivity contribution in [1.29, 1.82) is 0 Å². The van der Waals surface area contributed by atoms with Gasteiger partial charge in [0.05, 0.1) is 0 Å². The Labute approximate surface area is 119 Å². The zero-order valence-corrected chi connectivity index (χ0v) is 11.9. The number of nitrogens with zero attached hydrogens (tertiary/aromatic N) is 1. The van der Waals surface area contributed by atoms with E-state index < -0.39 is 0 Å². The lowest BCUT2D eigenvalue weighted by molar-refractivity contribution is 0.174. The minimum absolute atomic E-state index is 0.303. The molecule has 6 heteroatoms. The summed E-state index contributed by atoms with van der Waals surface area (Å²) in [7, 11) is 0. The number of nitrogens with one attached hydrogen (secondary N) is 2. The van der Waals surface area contributed by atoms with Crippen LogP contribution in [0.1, 0.15) is 11.4 Å². The van der Waals surface area contributed by atoms with Crippen LogP contribution in [0.4, 0.5) is 0 Å². The van der Waals surface area contributed by atoms with Crippen molar-refractivity contribution < 1.29 is 9.47 Å². The van der Waals surface area contributed by atoms with Crippen molar-refractivity contribution in [2.45, 2.75) is 13.0 Å². The molecule has 0 saturated heterocycles. The van der Waals surface area contributed by atoms with Crippen molar-refractivity contribution in [3.8, 4) is 11.5 Å². The number of fused-ring (bicyclic) bond motifs is 1. The summed E-state index contributed by atoms with van der Waals surface area (Å²) in [5, 5.41) is 3.39. The van der Waals surface area contributed by atoms with Crippen LogP contribution in [0.25, 0.3) is 0 Å². The highest BCUT2D eigenvalue weighted by atomic mass is 79.9. The monoisotopic (exact) mass is 323 g/mol. The first-order chi connectivity index (χ1) is 9.33. The molecule has 1 aliphatic heterocycles. The Bertz CT molecular complexity index is 557. The molecule has 0 atom stereocenters. The number of rotatable bonds is 5. The van der Waals surface area contributed by atoms with Crippen LogP contribution in [0.3, 0.4) is 0 Å². The van der Waals surface area contributed by atoms with Gasteiger partial charge in [0.1, 0.15) is 5.82 Å². The molecule has 2 heterocycles. The fourth-order valence-corrected chi connectivity index (χ4v) is 2.42. The largest absolute Gasteiger partial charge is 0.454 e. The number of imidazole rings is 1. The Morgan fingerprint density at radius 3 is 2.95 bits per heavy atom. The number of ether oxygens (including phenoxy) is 2. The molecular formula is C13H14BrN3O2. The van der Waals surface area contributed by atoms with E-state index in [1.807, 2.05) is 18.3 Å². The summed E-state index contributed by atoms with van der Waals surface area (Å²) >= 11 is 3.55. The van der Waals surface area contributed by atoms with Crippen LogP contribution >= 0.6 is 15.9 Å². The van der Waals surface area contributed by atoms with Gasteiger partial charge < -0.3 is 19.8 Å². The minimum atomic E-state index is 0.303. The molecule has 1 aromatic heterocycles. The van der Waals surface area contributed by atoms with Gasteiger partial charge in [0, 0.05) is 36.4 Å². The van der Waals surface area contributed by atoms with E-state index in [4.69, 9.17) is 9.47 Å². The van der Waals surface area contributed by atoms with E-state index in [0.717, 1.165) is 46.9 Å². The minimum Gasteiger partial charge on any atom is -0.454 e. The lowest BCUT2D eigenvalue weighted by Gasteiger charge is -2.07. The third-order valence-electron chi connectivity index (χ3n) is 2.95. The average molecular weight is 324 g/mol. The first-order valence-electron chi connectivity index (χ1n) is 6.10. The smallest absolute Gasteiger partial charge is 0.231 e.